The van der Waals surface area contributed by atoms with Crippen LogP contribution in [0.3, 0.4) is 0 Å². The van der Waals surface area contributed by atoms with Crippen molar-refractivity contribution in [2.24, 2.45) is 0 Å². The van der Waals surface area contributed by atoms with Crippen LogP contribution >= 0.6 is 0 Å². The molecule has 4 heterocycles. The van der Waals surface area contributed by atoms with Gasteiger partial charge in [0.25, 0.3) is 5.56 Å². The lowest BCUT2D eigenvalue weighted by Gasteiger charge is -2.36. The number of alkyl halides is 3. The smallest absolute Gasteiger partial charge is 0.368 e. The molecule has 3 aromatic heterocycles. The maximum Gasteiger partial charge on any atom is 0.418 e. The van der Waals surface area contributed by atoms with E-state index in [4.69, 9.17) is 0 Å². The number of benzene rings is 3. The van der Waals surface area contributed by atoms with Crippen LogP contribution in [0.15, 0.2) is 96.1 Å². The summed E-state index contributed by atoms with van der Waals surface area (Å²) in [4.78, 5) is 26.6. The Morgan fingerprint density at radius 3 is 2.35 bits per heavy atom. The summed E-state index contributed by atoms with van der Waals surface area (Å²) in [7, 11) is 0. The Hall–Kier alpha value is -4.76. The Bertz CT molecular complexity index is 2060. The van der Waals surface area contributed by atoms with Crippen LogP contribution in [0.1, 0.15) is 12.5 Å². The van der Waals surface area contributed by atoms with Gasteiger partial charge in [-0.1, -0.05) is 31.2 Å². The van der Waals surface area contributed by atoms with E-state index in [9.17, 15) is 18.0 Å². The molecule has 1 aliphatic rings. The summed E-state index contributed by atoms with van der Waals surface area (Å²) in [5.74, 6) is 0. The van der Waals surface area contributed by atoms with Crippen molar-refractivity contribution in [1.29, 1.82) is 0 Å². The molecule has 6 nitrogen and oxygen atoms in total. The van der Waals surface area contributed by atoms with Crippen LogP contribution in [0.2, 0.25) is 0 Å². The van der Waals surface area contributed by atoms with Crippen molar-refractivity contribution in [2.75, 3.05) is 37.6 Å². The van der Waals surface area contributed by atoms with Gasteiger partial charge in [-0.2, -0.15) is 13.2 Å². The first-order chi connectivity index (χ1) is 20.8. The van der Waals surface area contributed by atoms with Crippen molar-refractivity contribution in [3.8, 4) is 16.8 Å². The highest BCUT2D eigenvalue weighted by Crippen LogP contribution is 2.39. The minimum absolute atomic E-state index is 0.137. The number of aromatic nitrogens is 3. The second-order valence-corrected chi connectivity index (χ2v) is 10.8. The van der Waals surface area contributed by atoms with Crippen LogP contribution in [0.25, 0.3) is 49.5 Å². The minimum Gasteiger partial charge on any atom is -0.368 e. The third-order valence-corrected chi connectivity index (χ3v) is 8.35. The average molecular weight is 580 g/mol. The third-order valence-electron chi connectivity index (χ3n) is 8.35. The van der Waals surface area contributed by atoms with Gasteiger partial charge in [0, 0.05) is 72.0 Å². The van der Waals surface area contributed by atoms with E-state index in [2.05, 4.69) is 14.9 Å². The number of anilines is 1. The largest absolute Gasteiger partial charge is 0.418 e. The second kappa shape index (κ2) is 10.5. The van der Waals surface area contributed by atoms with Crippen LogP contribution in [-0.2, 0) is 6.18 Å². The Balaban J connectivity index is 1.41. The van der Waals surface area contributed by atoms with E-state index in [0.29, 0.717) is 48.0 Å². The summed E-state index contributed by atoms with van der Waals surface area (Å²) in [6.07, 6.45) is -1.15. The molecule has 0 aliphatic carbocycles. The number of piperazine rings is 1. The quantitative estimate of drug-likeness (QED) is 0.212. The van der Waals surface area contributed by atoms with E-state index in [0.717, 1.165) is 34.6 Å². The molecule has 0 spiro atoms. The third kappa shape index (κ3) is 4.89. The highest BCUT2D eigenvalue weighted by molar-refractivity contribution is 6.05. The van der Waals surface area contributed by atoms with E-state index in [1.54, 1.807) is 29.4 Å². The number of hydrogen-bond acceptors (Lipinski definition) is 5. The predicted molar refractivity (Wildman–Crippen MR) is 165 cm³/mol. The van der Waals surface area contributed by atoms with Crippen LogP contribution < -0.4 is 10.5 Å². The molecule has 0 amide bonds. The molecule has 0 N–H and O–H groups in total. The molecule has 9 heteroatoms. The highest BCUT2D eigenvalue weighted by atomic mass is 19.4. The number of hydrogen-bond donors (Lipinski definition) is 0. The molecule has 1 fully saturated rings. The lowest BCUT2D eigenvalue weighted by Crippen LogP contribution is -2.46. The van der Waals surface area contributed by atoms with E-state index < -0.39 is 17.3 Å². The summed E-state index contributed by atoms with van der Waals surface area (Å²) in [5, 5.41) is 2.30. The maximum absolute atomic E-state index is 14.5. The highest BCUT2D eigenvalue weighted by Gasteiger charge is 2.36. The fourth-order valence-electron chi connectivity index (χ4n) is 6.05. The SMILES string of the molecule is CCN1CCN(c2ccc(-n3c(=O)ccc4cnc5ccc(-c6cnc7ccccc7c6)cc5c43)cc2C(F)(F)F)CC1. The molecular weight excluding hydrogens is 551 g/mol. The summed E-state index contributed by atoms with van der Waals surface area (Å²) in [6.45, 7) is 5.33. The first kappa shape index (κ1) is 27.1. The monoisotopic (exact) mass is 579 g/mol. The summed E-state index contributed by atoms with van der Waals surface area (Å²) in [5.41, 5.74) is 2.88. The molecule has 43 heavy (non-hydrogen) atoms. The number of nitrogens with zero attached hydrogens (tertiary/aromatic N) is 5. The van der Waals surface area contributed by atoms with Gasteiger partial charge < -0.3 is 9.80 Å². The van der Waals surface area contributed by atoms with Crippen molar-refractivity contribution in [1.82, 2.24) is 19.4 Å². The summed E-state index contributed by atoms with van der Waals surface area (Å²) < 4.78 is 44.9. The Morgan fingerprint density at radius 2 is 1.56 bits per heavy atom. The van der Waals surface area contributed by atoms with Crippen molar-refractivity contribution < 1.29 is 13.2 Å². The molecule has 0 saturated carbocycles. The molecular formula is C34H28F3N5O. The zero-order valence-electron chi connectivity index (χ0n) is 23.5. The fraction of sp³-hybridized carbons (Fsp3) is 0.206. The van der Waals surface area contributed by atoms with Crippen molar-refractivity contribution in [3.63, 3.8) is 0 Å². The van der Waals surface area contributed by atoms with Crippen molar-refractivity contribution in [2.45, 2.75) is 13.1 Å². The predicted octanol–water partition coefficient (Wildman–Crippen LogP) is 6.91. The maximum atomic E-state index is 14.5. The topological polar surface area (TPSA) is 54.3 Å². The molecule has 7 rings (SSSR count). The van der Waals surface area contributed by atoms with Gasteiger partial charge in [-0.15, -0.1) is 0 Å². The molecule has 1 saturated heterocycles. The van der Waals surface area contributed by atoms with Crippen molar-refractivity contribution in [3.05, 3.63) is 107 Å². The minimum atomic E-state index is -4.60. The van der Waals surface area contributed by atoms with E-state index in [1.807, 2.05) is 55.5 Å². The van der Waals surface area contributed by atoms with Gasteiger partial charge in [-0.05, 0) is 60.6 Å². The number of fused-ring (bicyclic) bond motifs is 4. The Kier molecular flexibility index (Phi) is 6.62. The lowest BCUT2D eigenvalue weighted by atomic mass is 10.0. The average Bonchev–Trinajstić information content (AvgIpc) is 3.03. The first-order valence-electron chi connectivity index (χ1n) is 14.3. The van der Waals surface area contributed by atoms with Crippen LogP contribution in [0.4, 0.5) is 18.9 Å². The molecule has 0 radical (unpaired) electrons. The van der Waals surface area contributed by atoms with Gasteiger partial charge >= 0.3 is 6.18 Å². The fourth-order valence-corrected chi connectivity index (χ4v) is 6.05. The van der Waals surface area contributed by atoms with Crippen LogP contribution in [0.5, 0.6) is 0 Å². The number of pyridine rings is 3. The normalized spacial score (nSPS) is 14.7. The Labute approximate surface area is 245 Å². The Morgan fingerprint density at radius 1 is 0.767 bits per heavy atom. The van der Waals surface area contributed by atoms with Gasteiger partial charge in [-0.3, -0.25) is 19.3 Å². The summed E-state index contributed by atoms with van der Waals surface area (Å²) in [6, 6.07) is 22.9. The molecule has 216 valence electrons. The number of rotatable bonds is 4. The second-order valence-electron chi connectivity index (χ2n) is 10.8. The van der Waals surface area contributed by atoms with E-state index >= 15 is 0 Å². The summed E-state index contributed by atoms with van der Waals surface area (Å²) >= 11 is 0. The van der Waals surface area contributed by atoms with Gasteiger partial charge in [-0.25, -0.2) is 0 Å². The zero-order valence-corrected chi connectivity index (χ0v) is 23.5. The molecule has 0 bridgehead atoms. The molecule has 1 aliphatic heterocycles. The van der Waals surface area contributed by atoms with E-state index in [1.165, 1.54) is 16.7 Å². The first-order valence-corrected chi connectivity index (χ1v) is 14.3. The van der Waals surface area contributed by atoms with Crippen molar-refractivity contribution >= 4 is 38.4 Å². The van der Waals surface area contributed by atoms with Gasteiger partial charge in [0.1, 0.15) is 0 Å². The standard InChI is InChI=1S/C34H28F3N5O/c1-2-40-13-15-41(16-14-40)31-11-9-26(19-28(31)34(35,36)37)42-32(43)12-8-24-20-39-30-10-7-22(18-27(30)33(24)42)25-17-23-5-3-4-6-29(23)38-21-25/h3-12,17-21H,2,13-16H2,1H3. The number of likely N-dealkylation sites (N-methyl/N-ethyl adjacent to an activating group) is 1. The molecule has 0 atom stereocenters. The number of para-hydroxylation sites is 1. The van der Waals surface area contributed by atoms with Gasteiger partial charge in [0.15, 0.2) is 0 Å². The van der Waals surface area contributed by atoms with Gasteiger partial charge in [0.2, 0.25) is 0 Å². The molecule has 0 unspecified atom stereocenters. The number of halogens is 3. The van der Waals surface area contributed by atoms with Crippen LogP contribution in [0, 0.1) is 0 Å². The van der Waals surface area contributed by atoms with Gasteiger partial charge in [0.05, 0.1) is 27.8 Å². The van der Waals surface area contributed by atoms with Crippen LogP contribution in [-0.4, -0.2) is 52.2 Å². The molecule has 3 aromatic carbocycles. The lowest BCUT2D eigenvalue weighted by molar-refractivity contribution is -0.137. The molecule has 6 aromatic rings. The zero-order chi connectivity index (χ0) is 29.7. The van der Waals surface area contributed by atoms with E-state index in [-0.39, 0.29) is 11.4 Å².